The Kier molecular flexibility index (Phi) is 5.99. The number of hydrogen-bond donors (Lipinski definition) is 1. The van der Waals surface area contributed by atoms with Crippen molar-refractivity contribution >= 4 is 0 Å². The first-order valence-corrected chi connectivity index (χ1v) is 3.64. The van der Waals surface area contributed by atoms with Crippen LogP contribution in [-0.2, 0) is 4.74 Å². The predicted molar refractivity (Wildman–Crippen MR) is 39.4 cm³/mol. The van der Waals surface area contributed by atoms with E-state index in [1.807, 2.05) is 6.92 Å². The SMILES string of the molecule is CCOCC[C@H](N)CC. The van der Waals surface area contributed by atoms with Gasteiger partial charge in [0.05, 0.1) is 0 Å². The van der Waals surface area contributed by atoms with Crippen molar-refractivity contribution < 1.29 is 4.74 Å². The van der Waals surface area contributed by atoms with Gasteiger partial charge in [0.2, 0.25) is 0 Å². The molecule has 0 saturated heterocycles. The molecule has 0 aliphatic carbocycles. The molecule has 0 aliphatic heterocycles. The predicted octanol–water partition coefficient (Wildman–Crippen LogP) is 1.15. The van der Waals surface area contributed by atoms with Crippen LogP contribution in [0.4, 0.5) is 0 Å². The van der Waals surface area contributed by atoms with Gasteiger partial charge >= 0.3 is 0 Å². The molecule has 0 unspecified atom stereocenters. The zero-order valence-electron chi connectivity index (χ0n) is 6.39. The first-order chi connectivity index (χ1) is 4.31. The van der Waals surface area contributed by atoms with Crippen molar-refractivity contribution in [2.45, 2.75) is 32.7 Å². The highest BCUT2D eigenvalue weighted by molar-refractivity contribution is 4.55. The van der Waals surface area contributed by atoms with Gasteiger partial charge in [0.15, 0.2) is 0 Å². The van der Waals surface area contributed by atoms with E-state index in [2.05, 4.69) is 6.92 Å². The first kappa shape index (κ1) is 8.92. The smallest absolute Gasteiger partial charge is 0.0480 e. The summed E-state index contributed by atoms with van der Waals surface area (Å²) in [6.45, 7) is 5.70. The highest BCUT2D eigenvalue weighted by Crippen LogP contribution is 1.92. The van der Waals surface area contributed by atoms with Gasteiger partial charge in [-0.15, -0.1) is 0 Å². The summed E-state index contributed by atoms with van der Waals surface area (Å²) in [7, 11) is 0. The Labute approximate surface area is 57.4 Å². The van der Waals surface area contributed by atoms with Crippen LogP contribution in [0.3, 0.4) is 0 Å². The summed E-state index contributed by atoms with van der Waals surface area (Å²) >= 11 is 0. The summed E-state index contributed by atoms with van der Waals surface area (Å²) < 4.78 is 5.13. The average Bonchev–Trinajstić information content (AvgIpc) is 1.89. The maximum Gasteiger partial charge on any atom is 0.0480 e. The lowest BCUT2D eigenvalue weighted by Crippen LogP contribution is -2.20. The van der Waals surface area contributed by atoms with Gasteiger partial charge < -0.3 is 10.5 Å². The summed E-state index contributed by atoms with van der Waals surface area (Å²) in [4.78, 5) is 0. The minimum absolute atomic E-state index is 0.330. The number of rotatable bonds is 5. The molecule has 0 aromatic carbocycles. The molecule has 0 heterocycles. The second kappa shape index (κ2) is 6.05. The van der Waals surface area contributed by atoms with E-state index in [0.29, 0.717) is 6.04 Å². The van der Waals surface area contributed by atoms with Crippen molar-refractivity contribution in [2.75, 3.05) is 13.2 Å². The molecule has 0 bridgehead atoms. The van der Waals surface area contributed by atoms with E-state index in [1.165, 1.54) is 0 Å². The third-order valence-corrected chi connectivity index (χ3v) is 1.36. The first-order valence-electron chi connectivity index (χ1n) is 3.64. The molecular formula is C7H17NO. The van der Waals surface area contributed by atoms with Crippen LogP contribution in [-0.4, -0.2) is 19.3 Å². The van der Waals surface area contributed by atoms with Crippen LogP contribution in [0.5, 0.6) is 0 Å². The van der Waals surface area contributed by atoms with Gasteiger partial charge in [-0.05, 0) is 19.8 Å². The van der Waals surface area contributed by atoms with Gasteiger partial charge in [-0.1, -0.05) is 6.92 Å². The number of ether oxygens (including phenoxy) is 1. The molecule has 9 heavy (non-hydrogen) atoms. The molecule has 2 nitrogen and oxygen atoms in total. The maximum absolute atomic E-state index is 5.63. The Morgan fingerprint density at radius 1 is 1.44 bits per heavy atom. The van der Waals surface area contributed by atoms with E-state index in [9.17, 15) is 0 Å². The quantitative estimate of drug-likeness (QED) is 0.568. The third-order valence-electron chi connectivity index (χ3n) is 1.36. The lowest BCUT2D eigenvalue weighted by atomic mass is 10.2. The second-order valence-electron chi connectivity index (χ2n) is 2.15. The molecule has 0 rings (SSSR count). The molecule has 0 saturated carbocycles. The van der Waals surface area contributed by atoms with E-state index in [4.69, 9.17) is 10.5 Å². The standard InChI is InChI=1S/C7H17NO/c1-3-7(8)5-6-9-4-2/h7H,3-6,8H2,1-2H3/t7-/m1/s1. The highest BCUT2D eigenvalue weighted by atomic mass is 16.5. The Morgan fingerprint density at radius 3 is 2.56 bits per heavy atom. The van der Waals surface area contributed by atoms with Crippen LogP contribution in [0, 0.1) is 0 Å². The van der Waals surface area contributed by atoms with Gasteiger partial charge in [-0.3, -0.25) is 0 Å². The Hall–Kier alpha value is -0.0800. The Morgan fingerprint density at radius 2 is 2.11 bits per heavy atom. The van der Waals surface area contributed by atoms with Crippen molar-refractivity contribution in [1.82, 2.24) is 0 Å². The minimum atomic E-state index is 0.330. The van der Waals surface area contributed by atoms with Crippen LogP contribution in [0.15, 0.2) is 0 Å². The molecule has 1 atom stereocenters. The van der Waals surface area contributed by atoms with Crippen LogP contribution >= 0.6 is 0 Å². The van der Waals surface area contributed by atoms with Crippen molar-refractivity contribution in [2.24, 2.45) is 5.73 Å². The Bertz CT molecular complexity index is 56.9. The summed E-state index contributed by atoms with van der Waals surface area (Å²) in [5.41, 5.74) is 5.63. The fourth-order valence-corrected chi connectivity index (χ4v) is 0.583. The molecule has 0 aromatic heterocycles. The maximum atomic E-state index is 5.63. The average molecular weight is 131 g/mol. The molecule has 2 N–H and O–H groups in total. The number of hydrogen-bond acceptors (Lipinski definition) is 2. The monoisotopic (exact) mass is 131 g/mol. The van der Waals surface area contributed by atoms with Crippen molar-refractivity contribution in [3.8, 4) is 0 Å². The minimum Gasteiger partial charge on any atom is -0.382 e. The van der Waals surface area contributed by atoms with E-state index in [0.717, 1.165) is 26.1 Å². The molecular weight excluding hydrogens is 114 g/mol. The van der Waals surface area contributed by atoms with Crippen molar-refractivity contribution in [3.05, 3.63) is 0 Å². The van der Waals surface area contributed by atoms with Crippen LogP contribution in [0.25, 0.3) is 0 Å². The molecule has 56 valence electrons. The molecule has 0 aliphatic rings. The van der Waals surface area contributed by atoms with Crippen molar-refractivity contribution in [3.63, 3.8) is 0 Å². The van der Waals surface area contributed by atoms with E-state index in [1.54, 1.807) is 0 Å². The molecule has 0 fully saturated rings. The number of nitrogens with two attached hydrogens (primary N) is 1. The Balaban J connectivity index is 2.88. The van der Waals surface area contributed by atoms with Crippen molar-refractivity contribution in [1.29, 1.82) is 0 Å². The van der Waals surface area contributed by atoms with E-state index in [-0.39, 0.29) is 0 Å². The largest absolute Gasteiger partial charge is 0.382 e. The van der Waals surface area contributed by atoms with Gasteiger partial charge in [0, 0.05) is 19.3 Å². The zero-order valence-corrected chi connectivity index (χ0v) is 6.39. The van der Waals surface area contributed by atoms with Crippen LogP contribution in [0.1, 0.15) is 26.7 Å². The lowest BCUT2D eigenvalue weighted by Gasteiger charge is -2.06. The second-order valence-corrected chi connectivity index (χ2v) is 2.15. The van der Waals surface area contributed by atoms with E-state index >= 15 is 0 Å². The topological polar surface area (TPSA) is 35.2 Å². The van der Waals surface area contributed by atoms with Crippen LogP contribution < -0.4 is 5.73 Å². The zero-order chi connectivity index (χ0) is 7.11. The summed E-state index contributed by atoms with van der Waals surface area (Å²) in [5.74, 6) is 0. The lowest BCUT2D eigenvalue weighted by molar-refractivity contribution is 0.139. The highest BCUT2D eigenvalue weighted by Gasteiger charge is 1.96. The van der Waals surface area contributed by atoms with E-state index < -0.39 is 0 Å². The summed E-state index contributed by atoms with van der Waals surface area (Å²) in [6.07, 6.45) is 2.04. The van der Waals surface area contributed by atoms with Gasteiger partial charge in [0.25, 0.3) is 0 Å². The normalized spacial score (nSPS) is 13.7. The fraction of sp³-hybridized carbons (Fsp3) is 1.00. The third kappa shape index (κ3) is 5.80. The summed E-state index contributed by atoms with van der Waals surface area (Å²) in [6, 6.07) is 0.330. The molecule has 0 amide bonds. The summed E-state index contributed by atoms with van der Waals surface area (Å²) in [5, 5.41) is 0. The molecule has 0 spiro atoms. The van der Waals surface area contributed by atoms with Gasteiger partial charge in [-0.2, -0.15) is 0 Å². The molecule has 2 heteroatoms. The molecule has 0 aromatic rings. The van der Waals surface area contributed by atoms with Gasteiger partial charge in [0.1, 0.15) is 0 Å². The van der Waals surface area contributed by atoms with Gasteiger partial charge in [-0.25, -0.2) is 0 Å². The van der Waals surface area contributed by atoms with Crippen LogP contribution in [0.2, 0.25) is 0 Å². The molecule has 0 radical (unpaired) electrons. The fourth-order valence-electron chi connectivity index (χ4n) is 0.583.